The normalized spacial score (nSPS) is 16.0. The van der Waals surface area contributed by atoms with Crippen LogP contribution in [0.3, 0.4) is 0 Å². The summed E-state index contributed by atoms with van der Waals surface area (Å²) in [6.07, 6.45) is 1.84. The topological polar surface area (TPSA) is 46.3 Å². The Labute approximate surface area is 156 Å². The highest BCUT2D eigenvalue weighted by Gasteiger charge is 2.27. The average Bonchev–Trinajstić information content (AvgIpc) is 3.20. The second-order valence-corrected chi connectivity index (χ2v) is 8.11. The number of hydrogen-bond donors (Lipinski definition) is 0. The molecule has 3 aromatic rings. The largest absolute Gasteiger partial charge is 0.444 e. The van der Waals surface area contributed by atoms with Crippen LogP contribution in [-0.4, -0.2) is 28.9 Å². The van der Waals surface area contributed by atoms with Crippen molar-refractivity contribution in [2.75, 3.05) is 13.1 Å². The number of piperidine rings is 1. The lowest BCUT2D eigenvalue weighted by Gasteiger charge is -2.30. The molecule has 1 aromatic carbocycles. The van der Waals surface area contributed by atoms with Crippen molar-refractivity contribution in [3.05, 3.63) is 50.8 Å². The standard InChI is InChI=1S/C17H14BrClN2O2S/c18-15-4-2-13(23-15)17(22)21-7-5-10(6-8-21)16-20-12-9-11(19)1-3-14(12)24-16/h1-4,9-10H,5-8H2. The zero-order chi connectivity index (χ0) is 16.7. The molecular weight excluding hydrogens is 412 g/mol. The molecule has 0 saturated carbocycles. The Morgan fingerprint density at radius 2 is 2.08 bits per heavy atom. The van der Waals surface area contributed by atoms with E-state index in [-0.39, 0.29) is 5.91 Å². The van der Waals surface area contributed by atoms with Crippen LogP contribution in [0.5, 0.6) is 0 Å². The highest BCUT2D eigenvalue weighted by Crippen LogP contribution is 2.35. The SMILES string of the molecule is O=C(c1ccc(Br)o1)N1CCC(c2nc3cc(Cl)ccc3s2)CC1. The first kappa shape index (κ1) is 16.1. The zero-order valence-electron chi connectivity index (χ0n) is 12.7. The lowest BCUT2D eigenvalue weighted by Crippen LogP contribution is -2.37. The number of halogens is 2. The van der Waals surface area contributed by atoms with Gasteiger partial charge >= 0.3 is 0 Å². The van der Waals surface area contributed by atoms with Gasteiger partial charge in [0.15, 0.2) is 10.4 Å². The van der Waals surface area contributed by atoms with E-state index in [1.165, 1.54) is 0 Å². The van der Waals surface area contributed by atoms with Gasteiger partial charge in [0.25, 0.3) is 5.91 Å². The van der Waals surface area contributed by atoms with E-state index >= 15 is 0 Å². The Kier molecular flexibility index (Phi) is 4.37. The number of aromatic nitrogens is 1. The lowest BCUT2D eigenvalue weighted by atomic mass is 9.97. The van der Waals surface area contributed by atoms with Gasteiger partial charge in [0.05, 0.1) is 15.2 Å². The van der Waals surface area contributed by atoms with E-state index in [0.29, 0.717) is 21.4 Å². The van der Waals surface area contributed by atoms with Gasteiger partial charge in [-0.2, -0.15) is 0 Å². The third kappa shape index (κ3) is 3.10. The van der Waals surface area contributed by atoms with Crippen molar-refractivity contribution in [2.45, 2.75) is 18.8 Å². The number of carbonyl (C=O) groups is 1. The minimum atomic E-state index is -0.0461. The van der Waals surface area contributed by atoms with Gasteiger partial charge in [0.1, 0.15) is 0 Å². The maximum absolute atomic E-state index is 12.4. The molecule has 2 aromatic heterocycles. The van der Waals surface area contributed by atoms with Crippen molar-refractivity contribution in [3.8, 4) is 0 Å². The van der Waals surface area contributed by atoms with E-state index in [1.54, 1.807) is 23.5 Å². The summed E-state index contributed by atoms with van der Waals surface area (Å²) in [4.78, 5) is 19.0. The number of likely N-dealkylation sites (tertiary alicyclic amines) is 1. The summed E-state index contributed by atoms with van der Waals surface area (Å²) in [6.45, 7) is 1.44. The fraction of sp³-hybridized carbons (Fsp3) is 0.294. The number of rotatable bonds is 2. The number of furan rings is 1. The Hall–Kier alpha value is -1.37. The van der Waals surface area contributed by atoms with Crippen LogP contribution in [0.2, 0.25) is 5.02 Å². The molecule has 7 heteroatoms. The second-order valence-electron chi connectivity index (χ2n) is 5.83. The third-order valence-electron chi connectivity index (χ3n) is 4.28. The summed E-state index contributed by atoms with van der Waals surface area (Å²) in [7, 11) is 0. The fourth-order valence-electron chi connectivity index (χ4n) is 3.01. The Balaban J connectivity index is 1.46. The molecule has 0 unspecified atom stereocenters. The number of amides is 1. The highest BCUT2D eigenvalue weighted by atomic mass is 79.9. The molecule has 4 rings (SSSR count). The van der Waals surface area contributed by atoms with E-state index in [1.807, 2.05) is 23.1 Å². The molecule has 3 heterocycles. The van der Waals surface area contributed by atoms with Gasteiger partial charge in [0, 0.05) is 24.0 Å². The van der Waals surface area contributed by atoms with Crippen molar-refractivity contribution in [3.63, 3.8) is 0 Å². The third-order valence-corrected chi connectivity index (χ3v) is 6.14. The van der Waals surface area contributed by atoms with Gasteiger partial charge in [-0.25, -0.2) is 4.98 Å². The minimum Gasteiger partial charge on any atom is -0.444 e. The summed E-state index contributed by atoms with van der Waals surface area (Å²) in [6, 6.07) is 9.27. The second kappa shape index (κ2) is 6.50. The van der Waals surface area contributed by atoms with Crippen LogP contribution in [-0.2, 0) is 0 Å². The molecule has 0 spiro atoms. The average molecular weight is 426 g/mol. The molecule has 0 aliphatic carbocycles. The molecular formula is C17H14BrClN2O2S. The number of nitrogens with zero attached hydrogens (tertiary/aromatic N) is 2. The maximum Gasteiger partial charge on any atom is 0.289 e. The van der Waals surface area contributed by atoms with Gasteiger partial charge in [-0.05, 0) is 59.1 Å². The fourth-order valence-corrected chi connectivity index (χ4v) is 4.60. The smallest absolute Gasteiger partial charge is 0.289 e. The first-order valence-corrected chi connectivity index (χ1v) is 9.69. The predicted molar refractivity (Wildman–Crippen MR) is 98.9 cm³/mol. The van der Waals surface area contributed by atoms with E-state index in [2.05, 4.69) is 15.9 Å². The van der Waals surface area contributed by atoms with Crippen molar-refractivity contribution in [1.29, 1.82) is 0 Å². The van der Waals surface area contributed by atoms with E-state index < -0.39 is 0 Å². The van der Waals surface area contributed by atoms with E-state index in [0.717, 1.165) is 41.2 Å². The number of benzene rings is 1. The van der Waals surface area contributed by atoms with Crippen LogP contribution in [0, 0.1) is 0 Å². The maximum atomic E-state index is 12.4. The van der Waals surface area contributed by atoms with Crippen molar-refractivity contribution < 1.29 is 9.21 Å². The molecule has 1 aliphatic rings. The molecule has 4 nitrogen and oxygen atoms in total. The molecule has 1 fully saturated rings. The molecule has 1 aliphatic heterocycles. The van der Waals surface area contributed by atoms with Crippen LogP contribution in [0.15, 0.2) is 39.4 Å². The summed E-state index contributed by atoms with van der Waals surface area (Å²) < 4.78 is 7.10. The zero-order valence-corrected chi connectivity index (χ0v) is 15.8. The number of thiazole rings is 1. The molecule has 0 radical (unpaired) electrons. The predicted octanol–water partition coefficient (Wildman–Crippen LogP) is 5.33. The molecule has 1 amide bonds. The van der Waals surface area contributed by atoms with Crippen LogP contribution in [0.25, 0.3) is 10.2 Å². The highest BCUT2D eigenvalue weighted by molar-refractivity contribution is 9.10. The first-order chi connectivity index (χ1) is 11.6. The first-order valence-electron chi connectivity index (χ1n) is 7.71. The van der Waals surface area contributed by atoms with Gasteiger partial charge in [-0.15, -0.1) is 11.3 Å². The van der Waals surface area contributed by atoms with Crippen LogP contribution >= 0.6 is 38.9 Å². The number of carbonyl (C=O) groups excluding carboxylic acids is 1. The van der Waals surface area contributed by atoms with Gasteiger partial charge in [0.2, 0.25) is 0 Å². The van der Waals surface area contributed by atoms with Crippen molar-refractivity contribution in [2.24, 2.45) is 0 Å². The Morgan fingerprint density at radius 3 is 2.79 bits per heavy atom. The summed E-state index contributed by atoms with van der Waals surface area (Å²) in [5, 5.41) is 1.85. The van der Waals surface area contributed by atoms with Crippen molar-refractivity contribution >= 4 is 55.0 Å². The van der Waals surface area contributed by atoms with Gasteiger partial charge in [-0.3, -0.25) is 4.79 Å². The van der Waals surface area contributed by atoms with Crippen LogP contribution in [0.1, 0.15) is 34.3 Å². The molecule has 24 heavy (non-hydrogen) atoms. The van der Waals surface area contributed by atoms with Gasteiger partial charge < -0.3 is 9.32 Å². The van der Waals surface area contributed by atoms with E-state index in [4.69, 9.17) is 21.0 Å². The molecule has 0 N–H and O–H groups in total. The van der Waals surface area contributed by atoms with Crippen LogP contribution < -0.4 is 0 Å². The summed E-state index contributed by atoms with van der Waals surface area (Å²) >= 11 is 11.0. The van der Waals surface area contributed by atoms with Gasteiger partial charge in [-0.1, -0.05) is 11.6 Å². The molecule has 0 atom stereocenters. The quantitative estimate of drug-likeness (QED) is 0.558. The summed E-state index contributed by atoms with van der Waals surface area (Å²) in [5.74, 6) is 0.735. The van der Waals surface area contributed by atoms with Crippen LogP contribution in [0.4, 0.5) is 0 Å². The molecule has 1 saturated heterocycles. The number of hydrogen-bond acceptors (Lipinski definition) is 4. The Morgan fingerprint density at radius 1 is 1.29 bits per heavy atom. The lowest BCUT2D eigenvalue weighted by molar-refractivity contribution is 0.0679. The monoisotopic (exact) mass is 424 g/mol. The molecule has 0 bridgehead atoms. The number of fused-ring (bicyclic) bond motifs is 1. The van der Waals surface area contributed by atoms with E-state index in [9.17, 15) is 4.79 Å². The molecule has 124 valence electrons. The van der Waals surface area contributed by atoms with Crippen molar-refractivity contribution in [1.82, 2.24) is 9.88 Å². The Bertz CT molecular complexity index is 899. The summed E-state index contributed by atoms with van der Waals surface area (Å²) in [5.41, 5.74) is 0.960. The minimum absolute atomic E-state index is 0.0461.